The number of carbonyl (C=O) groups is 3. The number of aromatic nitrogens is 1. The number of carbonyl (C=O) groups excluding carboxylic acids is 3. The van der Waals surface area contributed by atoms with E-state index in [4.69, 9.17) is 0 Å². The van der Waals surface area contributed by atoms with E-state index in [9.17, 15) is 14.4 Å². The molecule has 1 N–H and O–H groups in total. The van der Waals surface area contributed by atoms with E-state index >= 15 is 0 Å². The summed E-state index contributed by atoms with van der Waals surface area (Å²) in [4.78, 5) is 43.9. The van der Waals surface area contributed by atoms with Crippen molar-refractivity contribution in [3.05, 3.63) is 24.0 Å². The van der Waals surface area contributed by atoms with Gasteiger partial charge >= 0.3 is 6.03 Å². The third-order valence-electron chi connectivity index (χ3n) is 6.86. The second kappa shape index (κ2) is 5.71. The highest BCUT2D eigenvalue weighted by molar-refractivity contribution is 6.10. The summed E-state index contributed by atoms with van der Waals surface area (Å²) < 4.78 is 0. The molecule has 1 aromatic heterocycles. The largest absolute Gasteiger partial charge is 0.359 e. The Balaban J connectivity index is 1.59. The van der Waals surface area contributed by atoms with Crippen LogP contribution in [0.5, 0.6) is 0 Å². The lowest BCUT2D eigenvalue weighted by atomic mass is 9.59. The lowest BCUT2D eigenvalue weighted by molar-refractivity contribution is -0.138. The maximum absolute atomic E-state index is 13.2. The number of urea groups is 1. The highest BCUT2D eigenvalue weighted by Gasteiger charge is 2.60. The minimum Gasteiger partial charge on any atom is -0.359 e. The number of hydrogen-bond donors (Lipinski definition) is 1. The molecule has 4 fully saturated rings. The molecule has 0 unspecified atom stereocenters. The third-order valence-corrected chi connectivity index (χ3v) is 6.86. The maximum atomic E-state index is 13.2. The van der Waals surface area contributed by atoms with Crippen LogP contribution < -0.4 is 0 Å². The summed E-state index contributed by atoms with van der Waals surface area (Å²) in [6, 6.07) is 3.04. The molecule has 3 saturated carbocycles. The maximum Gasteiger partial charge on any atom is 0.327 e. The first kappa shape index (κ1) is 16.4. The van der Waals surface area contributed by atoms with Crippen LogP contribution in [0.4, 0.5) is 4.79 Å². The SMILES string of the molecule is CN1C(=O)N(CC(=O)c2ccc[nH]2)C(=O)[C@@]1(C)[C@H]1C[C@H]2CC[C@H]1CC2. The van der Waals surface area contributed by atoms with Crippen molar-refractivity contribution in [2.75, 3.05) is 13.6 Å². The van der Waals surface area contributed by atoms with Crippen LogP contribution in [0.2, 0.25) is 0 Å². The van der Waals surface area contributed by atoms with Crippen molar-refractivity contribution in [3.8, 4) is 0 Å². The van der Waals surface area contributed by atoms with E-state index < -0.39 is 5.54 Å². The van der Waals surface area contributed by atoms with Crippen LogP contribution >= 0.6 is 0 Å². The number of nitrogens with one attached hydrogen (secondary N) is 1. The molecule has 3 aliphatic carbocycles. The minimum absolute atomic E-state index is 0.196. The first-order valence-corrected chi connectivity index (χ1v) is 9.19. The van der Waals surface area contributed by atoms with Gasteiger partial charge < -0.3 is 9.88 Å². The molecule has 1 aliphatic heterocycles. The van der Waals surface area contributed by atoms with E-state index in [-0.39, 0.29) is 30.2 Å². The number of imide groups is 1. The fraction of sp³-hybridized carbons (Fsp3) is 0.632. The van der Waals surface area contributed by atoms with Crippen molar-refractivity contribution in [1.29, 1.82) is 0 Å². The summed E-state index contributed by atoms with van der Waals surface area (Å²) in [7, 11) is 1.71. The Morgan fingerprint density at radius 2 is 2.00 bits per heavy atom. The Morgan fingerprint density at radius 3 is 2.56 bits per heavy atom. The summed E-state index contributed by atoms with van der Waals surface area (Å²) in [5.74, 6) is 0.935. The van der Waals surface area contributed by atoms with Gasteiger partial charge in [0.1, 0.15) is 5.54 Å². The number of Topliss-reactive ketones (excluding diaryl/α,β-unsaturated/α-hetero) is 1. The first-order chi connectivity index (χ1) is 11.9. The topological polar surface area (TPSA) is 73.5 Å². The Hall–Kier alpha value is -2.11. The Labute approximate surface area is 147 Å². The van der Waals surface area contributed by atoms with E-state index in [1.807, 2.05) is 6.92 Å². The Morgan fingerprint density at radius 1 is 1.28 bits per heavy atom. The molecule has 2 atom stereocenters. The summed E-state index contributed by atoms with van der Waals surface area (Å²) in [6.45, 7) is 1.71. The van der Waals surface area contributed by atoms with Crippen LogP contribution in [0.3, 0.4) is 0 Å². The molecule has 4 aliphatic rings. The van der Waals surface area contributed by atoms with E-state index in [0.717, 1.165) is 24.2 Å². The average molecular weight is 343 g/mol. The van der Waals surface area contributed by atoms with Crippen molar-refractivity contribution in [2.24, 2.45) is 17.8 Å². The van der Waals surface area contributed by atoms with Gasteiger partial charge in [-0.15, -0.1) is 0 Å². The van der Waals surface area contributed by atoms with Gasteiger partial charge in [-0.3, -0.25) is 14.5 Å². The number of hydrogen-bond acceptors (Lipinski definition) is 3. The van der Waals surface area contributed by atoms with Crippen LogP contribution in [0.15, 0.2) is 18.3 Å². The number of aromatic amines is 1. The van der Waals surface area contributed by atoms with Crippen molar-refractivity contribution >= 4 is 17.7 Å². The lowest BCUT2D eigenvalue weighted by Crippen LogP contribution is -2.56. The summed E-state index contributed by atoms with van der Waals surface area (Å²) >= 11 is 0. The van der Waals surface area contributed by atoms with Gasteiger partial charge in [0, 0.05) is 13.2 Å². The third kappa shape index (κ3) is 2.34. The Bertz CT molecular complexity index is 706. The number of rotatable bonds is 4. The lowest BCUT2D eigenvalue weighted by Gasteiger charge is -2.49. The molecule has 25 heavy (non-hydrogen) atoms. The van der Waals surface area contributed by atoms with Gasteiger partial charge in [0.05, 0.1) is 12.2 Å². The highest BCUT2D eigenvalue weighted by Crippen LogP contribution is 2.52. The van der Waals surface area contributed by atoms with Gasteiger partial charge in [-0.05, 0) is 56.1 Å². The van der Waals surface area contributed by atoms with Gasteiger partial charge in [-0.1, -0.05) is 12.8 Å². The number of likely N-dealkylation sites (N-methyl/N-ethyl adjacent to an activating group) is 1. The van der Waals surface area contributed by atoms with Crippen molar-refractivity contribution in [3.63, 3.8) is 0 Å². The number of H-pyrrole nitrogens is 1. The van der Waals surface area contributed by atoms with Crippen LogP contribution in [0, 0.1) is 17.8 Å². The summed E-state index contributed by atoms with van der Waals surface area (Å²) in [5.41, 5.74) is -0.398. The zero-order valence-electron chi connectivity index (χ0n) is 14.8. The molecular weight excluding hydrogens is 318 g/mol. The standard InChI is InChI=1S/C19H25N3O3/c1-19(14-10-12-5-7-13(14)8-6-12)17(24)22(18(25)21(19)2)11-16(23)15-4-3-9-20-15/h3-4,9,12-14,20H,5-8,10-11H2,1-2H3/t12-,13-,14-,19+/m0/s1. The molecular formula is C19H25N3O3. The fourth-order valence-corrected chi connectivity index (χ4v) is 5.23. The zero-order valence-corrected chi connectivity index (χ0v) is 14.8. The second-order valence-electron chi connectivity index (χ2n) is 8.01. The molecule has 0 spiro atoms. The van der Waals surface area contributed by atoms with Crippen molar-refractivity contribution in [1.82, 2.24) is 14.8 Å². The zero-order chi connectivity index (χ0) is 17.8. The molecule has 5 rings (SSSR count). The molecule has 2 bridgehead atoms. The van der Waals surface area contributed by atoms with Gasteiger partial charge in [-0.25, -0.2) is 4.79 Å². The van der Waals surface area contributed by atoms with Crippen LogP contribution in [-0.4, -0.2) is 51.6 Å². The second-order valence-corrected chi connectivity index (χ2v) is 8.01. The van der Waals surface area contributed by atoms with Gasteiger partial charge in [0.2, 0.25) is 0 Å². The summed E-state index contributed by atoms with van der Waals surface area (Å²) in [5, 5.41) is 0. The monoisotopic (exact) mass is 343 g/mol. The first-order valence-electron chi connectivity index (χ1n) is 9.19. The smallest absolute Gasteiger partial charge is 0.327 e. The van der Waals surface area contributed by atoms with Crippen molar-refractivity contribution in [2.45, 2.75) is 44.6 Å². The molecule has 134 valence electrons. The predicted molar refractivity (Wildman–Crippen MR) is 92.0 cm³/mol. The number of amides is 3. The molecule has 0 radical (unpaired) electrons. The molecule has 0 aromatic carbocycles. The summed E-state index contributed by atoms with van der Waals surface area (Å²) in [6.07, 6.45) is 7.48. The predicted octanol–water partition coefficient (Wildman–Crippen LogP) is 2.68. The molecule has 6 heteroatoms. The molecule has 1 saturated heterocycles. The molecule has 2 heterocycles. The van der Waals surface area contributed by atoms with E-state index in [1.165, 1.54) is 12.8 Å². The Kier molecular flexibility index (Phi) is 3.74. The fourth-order valence-electron chi connectivity index (χ4n) is 5.23. The van der Waals surface area contributed by atoms with Crippen LogP contribution in [0.1, 0.15) is 49.5 Å². The van der Waals surface area contributed by atoms with Gasteiger partial charge in [0.15, 0.2) is 5.78 Å². The molecule has 1 aromatic rings. The average Bonchev–Trinajstić information content (AvgIpc) is 3.23. The van der Waals surface area contributed by atoms with E-state index in [1.54, 1.807) is 30.3 Å². The van der Waals surface area contributed by atoms with Gasteiger partial charge in [0.25, 0.3) is 5.91 Å². The van der Waals surface area contributed by atoms with E-state index in [2.05, 4.69) is 4.98 Å². The molecule has 6 nitrogen and oxygen atoms in total. The number of fused-ring (bicyclic) bond motifs is 3. The minimum atomic E-state index is -0.823. The van der Waals surface area contributed by atoms with Crippen LogP contribution in [0.25, 0.3) is 0 Å². The number of nitrogens with zero attached hydrogens (tertiary/aromatic N) is 2. The molecule has 3 amide bonds. The van der Waals surface area contributed by atoms with E-state index in [0.29, 0.717) is 17.5 Å². The van der Waals surface area contributed by atoms with Gasteiger partial charge in [-0.2, -0.15) is 0 Å². The quantitative estimate of drug-likeness (QED) is 0.675. The number of ketones is 1. The van der Waals surface area contributed by atoms with Crippen molar-refractivity contribution < 1.29 is 14.4 Å². The van der Waals surface area contributed by atoms with Crippen LogP contribution in [-0.2, 0) is 4.79 Å². The normalized spacial score (nSPS) is 34.9. The highest BCUT2D eigenvalue weighted by atomic mass is 16.2.